The lowest BCUT2D eigenvalue weighted by molar-refractivity contribution is -0.137. The molecule has 6 nitrogen and oxygen atoms in total. The van der Waals surface area contributed by atoms with E-state index in [0.717, 1.165) is 18.0 Å². The number of hydrogen-bond acceptors (Lipinski definition) is 4. The molecule has 3 heterocycles. The van der Waals surface area contributed by atoms with Gasteiger partial charge in [0.1, 0.15) is 11.0 Å². The first kappa shape index (κ1) is 24.4. The fraction of sp³-hybridized carbons (Fsp3) is 0.476. The Morgan fingerprint density at radius 1 is 1.22 bits per heavy atom. The standard InChI is InChI=1S/C21H24Cl2F3N5O/c1-13(2)12-31-19(23)16(14(3)28-31)4-5-18(32)29-6-8-30(9-7-29)20-17(22)10-15(11-27-20)21(24,25)26/h4-5,10-11,13H,6-9,12H2,1-3H3/b5-4+. The Hall–Kier alpha value is -2.26. The van der Waals surface area contributed by atoms with Crippen LogP contribution >= 0.6 is 23.2 Å². The zero-order chi connectivity index (χ0) is 23.6. The summed E-state index contributed by atoms with van der Waals surface area (Å²) >= 11 is 12.4. The maximum absolute atomic E-state index is 12.8. The molecule has 1 fully saturated rings. The molecule has 0 aromatic carbocycles. The molecule has 0 bridgehead atoms. The van der Waals surface area contributed by atoms with Gasteiger partial charge in [0.15, 0.2) is 0 Å². The minimum absolute atomic E-state index is 0.0666. The van der Waals surface area contributed by atoms with Gasteiger partial charge < -0.3 is 9.80 Å². The third-order valence-corrected chi connectivity index (χ3v) is 5.76. The van der Waals surface area contributed by atoms with Crippen molar-refractivity contribution >= 4 is 41.0 Å². The number of alkyl halides is 3. The number of piperazine rings is 1. The molecule has 174 valence electrons. The van der Waals surface area contributed by atoms with Crippen LogP contribution in [0.25, 0.3) is 6.08 Å². The van der Waals surface area contributed by atoms with Crippen LogP contribution in [-0.4, -0.2) is 51.8 Å². The number of rotatable bonds is 5. The number of nitrogens with zero attached hydrogens (tertiary/aromatic N) is 5. The van der Waals surface area contributed by atoms with Gasteiger partial charge in [0.05, 0.1) is 16.3 Å². The molecule has 0 atom stereocenters. The molecule has 3 rings (SSSR count). The average Bonchev–Trinajstić information content (AvgIpc) is 2.97. The topological polar surface area (TPSA) is 54.3 Å². The summed E-state index contributed by atoms with van der Waals surface area (Å²) < 4.78 is 40.2. The molecule has 0 unspecified atom stereocenters. The zero-order valence-electron chi connectivity index (χ0n) is 18.0. The molecule has 0 saturated carbocycles. The number of hydrogen-bond donors (Lipinski definition) is 0. The van der Waals surface area contributed by atoms with E-state index in [1.165, 1.54) is 6.08 Å². The fourth-order valence-corrected chi connectivity index (χ4v) is 4.03. The summed E-state index contributed by atoms with van der Waals surface area (Å²) in [4.78, 5) is 19.9. The first-order chi connectivity index (χ1) is 15.0. The molecule has 2 aromatic rings. The maximum atomic E-state index is 12.8. The van der Waals surface area contributed by atoms with Gasteiger partial charge >= 0.3 is 6.18 Å². The number of aromatic nitrogens is 3. The van der Waals surface area contributed by atoms with Crippen molar-refractivity contribution in [1.82, 2.24) is 19.7 Å². The lowest BCUT2D eigenvalue weighted by Gasteiger charge is -2.35. The summed E-state index contributed by atoms with van der Waals surface area (Å²) in [5, 5.41) is 4.85. The van der Waals surface area contributed by atoms with E-state index in [4.69, 9.17) is 23.2 Å². The minimum Gasteiger partial charge on any atom is -0.352 e. The number of carbonyl (C=O) groups excluding carboxylic acids is 1. The number of halogens is 5. The van der Waals surface area contributed by atoms with Crippen LogP contribution in [0.5, 0.6) is 0 Å². The molecule has 1 aliphatic rings. The SMILES string of the molecule is Cc1nn(CC(C)C)c(Cl)c1/C=C/C(=O)N1CCN(c2ncc(C(F)(F)F)cc2Cl)CC1. The van der Waals surface area contributed by atoms with Crippen LogP contribution < -0.4 is 4.90 Å². The van der Waals surface area contributed by atoms with Gasteiger partial charge in [-0.15, -0.1) is 0 Å². The van der Waals surface area contributed by atoms with E-state index in [2.05, 4.69) is 23.9 Å². The normalized spacial score (nSPS) is 15.3. The third-order valence-electron chi connectivity index (χ3n) is 5.08. The van der Waals surface area contributed by atoms with E-state index >= 15 is 0 Å². The fourth-order valence-electron chi connectivity index (χ4n) is 3.44. The predicted molar refractivity (Wildman–Crippen MR) is 119 cm³/mol. The number of carbonyl (C=O) groups is 1. The first-order valence-electron chi connectivity index (χ1n) is 10.1. The van der Waals surface area contributed by atoms with E-state index in [9.17, 15) is 18.0 Å². The van der Waals surface area contributed by atoms with E-state index in [0.29, 0.717) is 49.4 Å². The highest BCUT2D eigenvalue weighted by molar-refractivity contribution is 6.33. The Balaban J connectivity index is 1.62. The smallest absolute Gasteiger partial charge is 0.352 e. The monoisotopic (exact) mass is 489 g/mol. The van der Waals surface area contributed by atoms with Crippen molar-refractivity contribution in [3.8, 4) is 0 Å². The molecule has 0 aliphatic carbocycles. The first-order valence-corrected chi connectivity index (χ1v) is 10.9. The summed E-state index contributed by atoms with van der Waals surface area (Å²) in [5.41, 5.74) is 0.559. The summed E-state index contributed by atoms with van der Waals surface area (Å²) in [7, 11) is 0. The van der Waals surface area contributed by atoms with Crippen LogP contribution in [0.1, 0.15) is 30.7 Å². The molecular weight excluding hydrogens is 466 g/mol. The van der Waals surface area contributed by atoms with Gasteiger partial charge in [0.2, 0.25) is 5.91 Å². The van der Waals surface area contributed by atoms with Crippen LogP contribution in [0.3, 0.4) is 0 Å². The van der Waals surface area contributed by atoms with Crippen molar-refractivity contribution in [3.05, 3.63) is 45.3 Å². The van der Waals surface area contributed by atoms with Crippen molar-refractivity contribution in [2.24, 2.45) is 5.92 Å². The molecule has 2 aromatic heterocycles. The summed E-state index contributed by atoms with van der Waals surface area (Å²) in [6, 6.07) is 0.871. The van der Waals surface area contributed by atoms with Crippen molar-refractivity contribution < 1.29 is 18.0 Å². The van der Waals surface area contributed by atoms with Gasteiger partial charge in [-0.1, -0.05) is 37.0 Å². The third kappa shape index (κ3) is 5.56. The average molecular weight is 490 g/mol. The summed E-state index contributed by atoms with van der Waals surface area (Å²) in [6.45, 7) is 8.26. The second-order valence-electron chi connectivity index (χ2n) is 8.04. The van der Waals surface area contributed by atoms with Gasteiger partial charge in [-0.25, -0.2) is 4.98 Å². The van der Waals surface area contributed by atoms with E-state index in [-0.39, 0.29) is 16.7 Å². The van der Waals surface area contributed by atoms with Crippen LogP contribution in [0.4, 0.5) is 19.0 Å². The van der Waals surface area contributed by atoms with Crippen LogP contribution in [0, 0.1) is 12.8 Å². The predicted octanol–water partition coefficient (Wildman–Crippen LogP) is 4.93. The summed E-state index contributed by atoms with van der Waals surface area (Å²) in [6.07, 6.45) is -0.592. The number of pyridine rings is 1. The summed E-state index contributed by atoms with van der Waals surface area (Å²) in [5.74, 6) is 0.486. The Labute approximate surface area is 194 Å². The zero-order valence-corrected chi connectivity index (χ0v) is 19.5. The van der Waals surface area contributed by atoms with Gasteiger partial charge in [0, 0.05) is 50.6 Å². The Morgan fingerprint density at radius 3 is 2.44 bits per heavy atom. The highest BCUT2D eigenvalue weighted by Gasteiger charge is 2.32. The molecule has 1 amide bonds. The van der Waals surface area contributed by atoms with E-state index in [1.807, 2.05) is 6.92 Å². The van der Waals surface area contributed by atoms with Crippen molar-refractivity contribution in [1.29, 1.82) is 0 Å². The van der Waals surface area contributed by atoms with E-state index in [1.54, 1.807) is 20.6 Å². The quantitative estimate of drug-likeness (QED) is 0.558. The number of aryl methyl sites for hydroxylation is 1. The molecule has 1 saturated heterocycles. The molecule has 0 spiro atoms. The molecule has 1 aliphatic heterocycles. The molecule has 0 radical (unpaired) electrons. The molecule has 0 N–H and O–H groups in total. The Kier molecular flexibility index (Phi) is 7.39. The van der Waals surface area contributed by atoms with Crippen LogP contribution in [0.15, 0.2) is 18.3 Å². The highest BCUT2D eigenvalue weighted by Crippen LogP contribution is 2.33. The van der Waals surface area contributed by atoms with Gasteiger partial charge in [0.25, 0.3) is 0 Å². The number of anilines is 1. The Morgan fingerprint density at radius 2 is 1.88 bits per heavy atom. The minimum atomic E-state index is -4.50. The largest absolute Gasteiger partial charge is 0.417 e. The van der Waals surface area contributed by atoms with Crippen molar-refractivity contribution in [2.45, 2.75) is 33.5 Å². The van der Waals surface area contributed by atoms with Gasteiger partial charge in [-0.05, 0) is 25.0 Å². The van der Waals surface area contributed by atoms with Crippen LogP contribution in [-0.2, 0) is 17.5 Å². The van der Waals surface area contributed by atoms with Crippen LogP contribution in [0.2, 0.25) is 10.2 Å². The highest BCUT2D eigenvalue weighted by atomic mass is 35.5. The molecule has 11 heteroatoms. The second-order valence-corrected chi connectivity index (χ2v) is 8.80. The second kappa shape index (κ2) is 9.70. The maximum Gasteiger partial charge on any atom is 0.417 e. The molecule has 32 heavy (non-hydrogen) atoms. The van der Waals surface area contributed by atoms with Gasteiger partial charge in [-0.2, -0.15) is 18.3 Å². The Bertz CT molecular complexity index is 1010. The lowest BCUT2D eigenvalue weighted by atomic mass is 10.2. The van der Waals surface area contributed by atoms with Crippen molar-refractivity contribution in [2.75, 3.05) is 31.1 Å². The number of amides is 1. The van der Waals surface area contributed by atoms with Gasteiger partial charge in [-0.3, -0.25) is 9.48 Å². The molecular formula is C21H24Cl2F3N5O. The van der Waals surface area contributed by atoms with E-state index < -0.39 is 11.7 Å². The lowest BCUT2D eigenvalue weighted by Crippen LogP contribution is -2.48. The van der Waals surface area contributed by atoms with Crippen molar-refractivity contribution in [3.63, 3.8) is 0 Å².